The van der Waals surface area contributed by atoms with Gasteiger partial charge in [0.05, 0.1) is 13.2 Å². The summed E-state index contributed by atoms with van der Waals surface area (Å²) < 4.78 is 10.8. The number of alkyl carbamates (subject to hydrolysis) is 1. The van der Waals surface area contributed by atoms with E-state index in [2.05, 4.69) is 10.3 Å². The molecule has 1 saturated heterocycles. The molecular weight excluding hydrogens is 350 g/mol. The van der Waals surface area contributed by atoms with Crippen LogP contribution in [0.4, 0.5) is 9.59 Å². The van der Waals surface area contributed by atoms with E-state index in [4.69, 9.17) is 9.47 Å². The largest absolute Gasteiger partial charge is 0.449 e. The molecule has 1 aliphatic carbocycles. The van der Waals surface area contributed by atoms with Crippen LogP contribution in [0.15, 0.2) is 23.1 Å². The zero-order valence-electron chi connectivity index (χ0n) is 15.4. The number of hydrogen-bond acceptors (Lipinski definition) is 5. The second-order valence-corrected chi connectivity index (χ2v) is 7.20. The number of aromatic amines is 1. The molecule has 2 aliphatic rings. The molecule has 0 atom stereocenters. The fraction of sp³-hybridized carbons (Fsp3) is 0.632. The van der Waals surface area contributed by atoms with Crippen LogP contribution in [0.25, 0.3) is 0 Å². The van der Waals surface area contributed by atoms with Crippen LogP contribution in [0.1, 0.15) is 44.1 Å². The lowest BCUT2D eigenvalue weighted by molar-refractivity contribution is 0.0442. The third-order valence-corrected chi connectivity index (χ3v) is 5.20. The number of pyridine rings is 1. The molecule has 0 aromatic carbocycles. The Morgan fingerprint density at radius 3 is 2.63 bits per heavy atom. The van der Waals surface area contributed by atoms with Gasteiger partial charge in [-0.3, -0.25) is 4.79 Å². The second kappa shape index (κ2) is 9.43. The predicted molar refractivity (Wildman–Crippen MR) is 98.3 cm³/mol. The first-order valence-corrected chi connectivity index (χ1v) is 9.64. The van der Waals surface area contributed by atoms with Crippen molar-refractivity contribution in [2.24, 2.45) is 5.92 Å². The summed E-state index contributed by atoms with van der Waals surface area (Å²) in [7, 11) is 0. The van der Waals surface area contributed by atoms with Crippen molar-refractivity contribution in [2.45, 2.75) is 51.2 Å². The number of amides is 2. The lowest BCUT2D eigenvalue weighted by atomic mass is 9.88. The summed E-state index contributed by atoms with van der Waals surface area (Å²) in [6.45, 7) is 2.16. The molecule has 1 saturated carbocycles. The number of hydrogen-bond donors (Lipinski definition) is 2. The van der Waals surface area contributed by atoms with E-state index < -0.39 is 6.09 Å². The van der Waals surface area contributed by atoms with Gasteiger partial charge in [0.25, 0.3) is 5.56 Å². The van der Waals surface area contributed by atoms with E-state index in [1.807, 2.05) is 0 Å². The van der Waals surface area contributed by atoms with Crippen molar-refractivity contribution < 1.29 is 19.1 Å². The maximum atomic E-state index is 11.9. The monoisotopic (exact) mass is 377 g/mol. The molecule has 2 heterocycles. The van der Waals surface area contributed by atoms with E-state index in [1.165, 1.54) is 0 Å². The van der Waals surface area contributed by atoms with Crippen molar-refractivity contribution in [3.05, 3.63) is 34.2 Å². The topological polar surface area (TPSA) is 101 Å². The fourth-order valence-electron chi connectivity index (χ4n) is 3.55. The van der Waals surface area contributed by atoms with E-state index in [9.17, 15) is 14.4 Å². The number of likely N-dealkylation sites (tertiary alicyclic amines) is 1. The third-order valence-electron chi connectivity index (χ3n) is 5.20. The van der Waals surface area contributed by atoms with Gasteiger partial charge < -0.3 is 24.7 Å². The van der Waals surface area contributed by atoms with Crippen LogP contribution in [-0.4, -0.2) is 47.9 Å². The van der Waals surface area contributed by atoms with Crippen LogP contribution >= 0.6 is 0 Å². The van der Waals surface area contributed by atoms with Gasteiger partial charge in [0.1, 0.15) is 6.10 Å². The zero-order chi connectivity index (χ0) is 19.1. The van der Waals surface area contributed by atoms with Gasteiger partial charge in [-0.2, -0.15) is 0 Å². The van der Waals surface area contributed by atoms with Crippen LogP contribution in [0.3, 0.4) is 0 Å². The average molecular weight is 377 g/mol. The third kappa shape index (κ3) is 5.74. The summed E-state index contributed by atoms with van der Waals surface area (Å²) >= 11 is 0. The van der Waals surface area contributed by atoms with Crippen LogP contribution < -0.4 is 10.9 Å². The molecule has 1 aliphatic heterocycles. The standard InChI is InChI=1S/C19H27N3O5/c23-17-15(4-3-9-20-17)12-21-18(24)27-16-7-5-14(6-8-16)13-26-19(25)22-10-1-2-11-22/h3-4,9,14,16H,1-2,5-8,10-13H2,(H,20,23)(H,21,24). The Morgan fingerprint density at radius 2 is 1.93 bits per heavy atom. The molecule has 27 heavy (non-hydrogen) atoms. The van der Waals surface area contributed by atoms with Crippen molar-refractivity contribution in [3.63, 3.8) is 0 Å². The van der Waals surface area contributed by atoms with Crippen molar-refractivity contribution in [3.8, 4) is 0 Å². The highest BCUT2D eigenvalue weighted by atomic mass is 16.6. The van der Waals surface area contributed by atoms with Crippen molar-refractivity contribution in [2.75, 3.05) is 19.7 Å². The summed E-state index contributed by atoms with van der Waals surface area (Å²) in [6, 6.07) is 3.37. The maximum Gasteiger partial charge on any atom is 0.409 e. The molecule has 8 heteroatoms. The lowest BCUT2D eigenvalue weighted by Crippen LogP contribution is -2.34. The molecule has 1 aromatic heterocycles. The Balaban J connectivity index is 1.32. The van der Waals surface area contributed by atoms with Gasteiger partial charge in [0, 0.05) is 24.8 Å². The van der Waals surface area contributed by atoms with E-state index >= 15 is 0 Å². The molecule has 2 fully saturated rings. The van der Waals surface area contributed by atoms with E-state index in [0.717, 1.165) is 51.6 Å². The Kier molecular flexibility index (Phi) is 6.73. The Morgan fingerprint density at radius 1 is 1.19 bits per heavy atom. The predicted octanol–water partition coefficient (Wildman–Crippen LogP) is 2.39. The highest BCUT2D eigenvalue weighted by Gasteiger charge is 2.26. The van der Waals surface area contributed by atoms with Crippen LogP contribution in [0, 0.1) is 5.92 Å². The summed E-state index contributed by atoms with van der Waals surface area (Å²) in [5, 5.41) is 2.61. The van der Waals surface area contributed by atoms with Gasteiger partial charge in [-0.1, -0.05) is 6.07 Å². The van der Waals surface area contributed by atoms with Crippen molar-refractivity contribution in [1.29, 1.82) is 0 Å². The number of carbonyl (C=O) groups excluding carboxylic acids is 2. The second-order valence-electron chi connectivity index (χ2n) is 7.20. The van der Waals surface area contributed by atoms with Crippen molar-refractivity contribution in [1.82, 2.24) is 15.2 Å². The molecule has 148 valence electrons. The summed E-state index contributed by atoms with van der Waals surface area (Å²) in [6.07, 6.45) is 6.04. The molecule has 1 aromatic rings. The normalized spacial score (nSPS) is 22.3. The molecule has 2 N–H and O–H groups in total. The number of nitrogens with zero attached hydrogens (tertiary/aromatic N) is 1. The number of carbonyl (C=O) groups is 2. The number of nitrogens with one attached hydrogen (secondary N) is 2. The smallest absolute Gasteiger partial charge is 0.409 e. The molecule has 0 spiro atoms. The highest BCUT2D eigenvalue weighted by molar-refractivity contribution is 5.68. The van der Waals surface area contributed by atoms with Gasteiger partial charge in [0.15, 0.2) is 0 Å². The Bertz CT molecular complexity index is 691. The minimum atomic E-state index is -0.512. The number of H-pyrrole nitrogens is 1. The minimum absolute atomic E-state index is 0.135. The molecule has 3 rings (SSSR count). The molecular formula is C19H27N3O5. The Hall–Kier alpha value is -2.51. The SMILES string of the molecule is O=C(NCc1ccc[nH]c1=O)OC1CCC(COC(=O)N2CCCC2)CC1. The van der Waals surface area contributed by atoms with Crippen LogP contribution in [0.2, 0.25) is 0 Å². The lowest BCUT2D eigenvalue weighted by Gasteiger charge is -2.28. The minimum Gasteiger partial charge on any atom is -0.449 e. The zero-order valence-corrected chi connectivity index (χ0v) is 15.4. The first-order valence-electron chi connectivity index (χ1n) is 9.64. The van der Waals surface area contributed by atoms with E-state index in [0.29, 0.717) is 18.1 Å². The summed E-state index contributed by atoms with van der Waals surface area (Å²) in [4.78, 5) is 39.7. The van der Waals surface area contributed by atoms with Gasteiger partial charge in [0.2, 0.25) is 0 Å². The average Bonchev–Trinajstić information content (AvgIpc) is 3.21. The number of ether oxygens (including phenoxy) is 2. The molecule has 0 bridgehead atoms. The van der Waals surface area contributed by atoms with E-state index in [1.54, 1.807) is 23.2 Å². The van der Waals surface area contributed by atoms with Gasteiger partial charge in [-0.15, -0.1) is 0 Å². The van der Waals surface area contributed by atoms with Gasteiger partial charge in [-0.05, 0) is 50.5 Å². The molecule has 0 radical (unpaired) electrons. The molecule has 8 nitrogen and oxygen atoms in total. The number of aromatic nitrogens is 1. The van der Waals surface area contributed by atoms with Crippen LogP contribution in [0.5, 0.6) is 0 Å². The molecule has 0 unspecified atom stereocenters. The first kappa shape index (κ1) is 19.3. The Labute approximate surface area is 158 Å². The van der Waals surface area contributed by atoms with E-state index in [-0.39, 0.29) is 24.3 Å². The quantitative estimate of drug-likeness (QED) is 0.821. The maximum absolute atomic E-state index is 11.9. The fourth-order valence-corrected chi connectivity index (χ4v) is 3.55. The van der Waals surface area contributed by atoms with Gasteiger partial charge >= 0.3 is 12.2 Å². The van der Waals surface area contributed by atoms with Gasteiger partial charge in [-0.25, -0.2) is 9.59 Å². The molecule has 2 amide bonds. The summed E-state index contributed by atoms with van der Waals surface area (Å²) in [5.74, 6) is 0.322. The van der Waals surface area contributed by atoms with Crippen LogP contribution in [-0.2, 0) is 16.0 Å². The summed E-state index contributed by atoms with van der Waals surface area (Å²) in [5.41, 5.74) is 0.264. The number of rotatable bonds is 5. The first-order chi connectivity index (χ1) is 13.1. The van der Waals surface area contributed by atoms with Crippen molar-refractivity contribution >= 4 is 12.2 Å². The highest BCUT2D eigenvalue weighted by Crippen LogP contribution is 2.27.